The number of anilines is 1. The van der Waals surface area contributed by atoms with Crippen LogP contribution in [0.1, 0.15) is 26.0 Å². The van der Waals surface area contributed by atoms with Crippen LogP contribution in [-0.4, -0.2) is 50.1 Å². The highest BCUT2D eigenvalue weighted by Gasteiger charge is 2.45. The molecule has 0 saturated carbocycles. The molecule has 4 atom stereocenters. The van der Waals surface area contributed by atoms with Gasteiger partial charge in [-0.1, -0.05) is 13.3 Å². The minimum atomic E-state index is -1.55. The van der Waals surface area contributed by atoms with Gasteiger partial charge < -0.3 is 15.2 Å². The molecule has 9 heteroatoms. The Balaban J connectivity index is 2.02. The van der Waals surface area contributed by atoms with E-state index >= 15 is 0 Å². The van der Waals surface area contributed by atoms with Crippen LogP contribution >= 0.6 is 11.6 Å². The van der Waals surface area contributed by atoms with Crippen molar-refractivity contribution >= 4 is 28.6 Å². The zero-order chi connectivity index (χ0) is 15.9. The van der Waals surface area contributed by atoms with Crippen molar-refractivity contribution in [3.05, 3.63) is 11.6 Å². The molecule has 7 nitrogen and oxygen atoms in total. The highest BCUT2D eigenvalue weighted by atomic mass is 35.5. The molecule has 0 bridgehead atoms. The second-order valence-corrected chi connectivity index (χ2v) is 5.54. The Morgan fingerprint density at radius 2 is 2.27 bits per heavy atom. The molecule has 22 heavy (non-hydrogen) atoms. The number of nitrogens with one attached hydrogen (secondary N) is 1. The fourth-order valence-electron chi connectivity index (χ4n) is 2.70. The SMILES string of the molecule is CCCC1OC(n2cnc3c(NC)nc(Cl)nc32)C(F)C1O. The summed E-state index contributed by atoms with van der Waals surface area (Å²) in [6.07, 6.45) is -1.43. The average molecular weight is 330 g/mol. The van der Waals surface area contributed by atoms with Crippen LogP contribution in [0.5, 0.6) is 0 Å². The number of aliphatic hydroxyl groups is 1. The lowest BCUT2D eigenvalue weighted by molar-refractivity contribution is -0.0261. The van der Waals surface area contributed by atoms with Gasteiger partial charge in [0.25, 0.3) is 0 Å². The Labute approximate surface area is 131 Å². The van der Waals surface area contributed by atoms with Crippen LogP contribution in [0.25, 0.3) is 11.2 Å². The van der Waals surface area contributed by atoms with Crippen LogP contribution in [0.3, 0.4) is 0 Å². The second-order valence-electron chi connectivity index (χ2n) is 5.20. The summed E-state index contributed by atoms with van der Waals surface area (Å²) in [6.45, 7) is 1.95. The van der Waals surface area contributed by atoms with Crippen molar-refractivity contribution in [2.75, 3.05) is 12.4 Å². The van der Waals surface area contributed by atoms with E-state index < -0.39 is 24.6 Å². The van der Waals surface area contributed by atoms with E-state index in [1.807, 2.05) is 6.92 Å². The third kappa shape index (κ3) is 2.41. The number of aliphatic hydroxyl groups excluding tert-OH is 1. The number of fused-ring (bicyclic) bond motifs is 1. The van der Waals surface area contributed by atoms with Gasteiger partial charge >= 0.3 is 0 Å². The number of alkyl halides is 1. The molecule has 1 aliphatic rings. The van der Waals surface area contributed by atoms with Crippen molar-refractivity contribution in [1.29, 1.82) is 0 Å². The first-order valence-electron chi connectivity index (χ1n) is 7.12. The fraction of sp³-hybridized carbons (Fsp3) is 0.615. The summed E-state index contributed by atoms with van der Waals surface area (Å²) in [6, 6.07) is 0. The number of aromatic nitrogens is 4. The molecule has 3 rings (SSSR count). The molecule has 120 valence electrons. The quantitative estimate of drug-likeness (QED) is 0.834. The lowest BCUT2D eigenvalue weighted by Gasteiger charge is -2.15. The molecular weight excluding hydrogens is 313 g/mol. The standard InChI is InChI=1S/C13H17ClFN5O2/c1-3-4-6-9(21)7(15)12(22-6)20-5-17-8-10(16-2)18-13(14)19-11(8)20/h5-7,9,12,21H,3-4H2,1-2H3,(H,16,18,19). The first-order valence-corrected chi connectivity index (χ1v) is 7.50. The maximum absolute atomic E-state index is 14.4. The lowest BCUT2D eigenvalue weighted by Crippen LogP contribution is -2.28. The van der Waals surface area contributed by atoms with Crippen molar-refractivity contribution in [3.8, 4) is 0 Å². The van der Waals surface area contributed by atoms with Gasteiger partial charge in [-0.2, -0.15) is 9.97 Å². The van der Waals surface area contributed by atoms with Gasteiger partial charge in [-0.05, 0) is 18.0 Å². The molecule has 1 saturated heterocycles. The molecule has 2 aromatic rings. The van der Waals surface area contributed by atoms with Gasteiger partial charge in [0, 0.05) is 7.05 Å². The van der Waals surface area contributed by atoms with Crippen LogP contribution < -0.4 is 5.32 Å². The fourth-order valence-corrected chi connectivity index (χ4v) is 2.87. The van der Waals surface area contributed by atoms with Crippen molar-refractivity contribution in [2.45, 2.75) is 44.4 Å². The molecule has 0 spiro atoms. The molecule has 0 aliphatic carbocycles. The van der Waals surface area contributed by atoms with Crippen LogP contribution in [-0.2, 0) is 4.74 Å². The van der Waals surface area contributed by atoms with Crippen molar-refractivity contribution in [3.63, 3.8) is 0 Å². The maximum atomic E-state index is 14.4. The largest absolute Gasteiger partial charge is 0.387 e. The Kier molecular flexibility index (Phi) is 4.16. The minimum absolute atomic E-state index is 0.0256. The molecule has 1 fully saturated rings. The van der Waals surface area contributed by atoms with Gasteiger partial charge in [-0.15, -0.1) is 0 Å². The number of nitrogens with zero attached hydrogens (tertiary/aromatic N) is 4. The Morgan fingerprint density at radius 3 is 2.95 bits per heavy atom. The van der Waals surface area contributed by atoms with Gasteiger partial charge in [0.2, 0.25) is 5.28 Å². The minimum Gasteiger partial charge on any atom is -0.387 e. The number of imidazole rings is 1. The highest BCUT2D eigenvalue weighted by molar-refractivity contribution is 6.28. The molecular formula is C13H17ClFN5O2. The molecule has 3 heterocycles. The predicted molar refractivity (Wildman–Crippen MR) is 79.6 cm³/mol. The molecule has 0 aromatic carbocycles. The monoisotopic (exact) mass is 329 g/mol. The smallest absolute Gasteiger partial charge is 0.226 e. The van der Waals surface area contributed by atoms with Crippen LogP contribution in [0.15, 0.2) is 6.33 Å². The molecule has 2 aromatic heterocycles. The Bertz CT molecular complexity index is 682. The third-order valence-electron chi connectivity index (χ3n) is 3.77. The van der Waals surface area contributed by atoms with E-state index in [9.17, 15) is 9.50 Å². The average Bonchev–Trinajstić information content (AvgIpc) is 3.03. The van der Waals surface area contributed by atoms with Crippen LogP contribution in [0.2, 0.25) is 5.28 Å². The van der Waals surface area contributed by atoms with Crippen molar-refractivity contribution in [2.24, 2.45) is 0 Å². The van der Waals surface area contributed by atoms with Crippen molar-refractivity contribution in [1.82, 2.24) is 19.5 Å². The van der Waals surface area contributed by atoms with E-state index in [2.05, 4.69) is 20.3 Å². The summed E-state index contributed by atoms with van der Waals surface area (Å²) in [5, 5.41) is 12.9. The number of rotatable bonds is 4. The molecule has 0 radical (unpaired) electrons. The molecule has 4 unspecified atom stereocenters. The topological polar surface area (TPSA) is 85.1 Å². The summed E-state index contributed by atoms with van der Waals surface area (Å²) >= 11 is 5.89. The first kappa shape index (κ1) is 15.4. The second kappa shape index (κ2) is 5.94. The number of hydrogen-bond donors (Lipinski definition) is 2. The van der Waals surface area contributed by atoms with Gasteiger partial charge in [0.1, 0.15) is 6.10 Å². The summed E-state index contributed by atoms with van der Waals surface area (Å²) in [4.78, 5) is 12.3. The lowest BCUT2D eigenvalue weighted by atomic mass is 10.1. The van der Waals surface area contributed by atoms with Crippen LogP contribution in [0.4, 0.5) is 10.2 Å². The van der Waals surface area contributed by atoms with Crippen LogP contribution in [0, 0.1) is 0 Å². The van der Waals surface area contributed by atoms with Gasteiger partial charge in [-0.3, -0.25) is 4.57 Å². The predicted octanol–water partition coefficient (Wildman–Crippen LogP) is 1.92. The molecule has 2 N–H and O–H groups in total. The number of hydrogen-bond acceptors (Lipinski definition) is 6. The van der Waals surface area contributed by atoms with E-state index in [0.717, 1.165) is 6.42 Å². The number of halogens is 2. The van der Waals surface area contributed by atoms with E-state index in [1.54, 1.807) is 7.05 Å². The molecule has 0 amide bonds. The van der Waals surface area contributed by atoms with E-state index in [-0.39, 0.29) is 5.28 Å². The van der Waals surface area contributed by atoms with E-state index in [0.29, 0.717) is 23.4 Å². The zero-order valence-electron chi connectivity index (χ0n) is 12.2. The summed E-state index contributed by atoms with van der Waals surface area (Å²) < 4.78 is 21.5. The van der Waals surface area contributed by atoms with Gasteiger partial charge in [0.05, 0.1) is 12.4 Å². The third-order valence-corrected chi connectivity index (χ3v) is 3.94. The zero-order valence-corrected chi connectivity index (χ0v) is 13.0. The van der Waals surface area contributed by atoms with E-state index in [1.165, 1.54) is 10.9 Å². The van der Waals surface area contributed by atoms with Crippen molar-refractivity contribution < 1.29 is 14.2 Å². The molecule has 1 aliphatic heterocycles. The summed E-state index contributed by atoms with van der Waals surface area (Å²) in [5.74, 6) is 0.452. The first-order chi connectivity index (χ1) is 10.6. The summed E-state index contributed by atoms with van der Waals surface area (Å²) in [5.41, 5.74) is 0.831. The Hall–Kier alpha value is -1.51. The normalized spacial score (nSPS) is 28.4. The summed E-state index contributed by atoms with van der Waals surface area (Å²) in [7, 11) is 1.68. The van der Waals surface area contributed by atoms with Gasteiger partial charge in [0.15, 0.2) is 29.4 Å². The van der Waals surface area contributed by atoms with E-state index in [4.69, 9.17) is 16.3 Å². The highest BCUT2D eigenvalue weighted by Crippen LogP contribution is 2.36. The van der Waals surface area contributed by atoms with Gasteiger partial charge in [-0.25, -0.2) is 9.37 Å². The number of ether oxygens (including phenoxy) is 1. The Morgan fingerprint density at radius 1 is 1.50 bits per heavy atom. The maximum Gasteiger partial charge on any atom is 0.226 e.